The molecule has 1 saturated heterocycles. The normalized spacial score (nSPS) is 14.5. The highest BCUT2D eigenvalue weighted by molar-refractivity contribution is 7.22. The van der Waals surface area contributed by atoms with Crippen LogP contribution in [0.5, 0.6) is 11.5 Å². The Kier molecular flexibility index (Phi) is 6.93. The van der Waals surface area contributed by atoms with Gasteiger partial charge in [0.05, 0.1) is 37.6 Å². The highest BCUT2D eigenvalue weighted by Gasteiger charge is 2.24. The number of aryl methyl sites for hydroxylation is 2. The molecule has 0 bridgehead atoms. The van der Waals surface area contributed by atoms with Crippen LogP contribution in [0.15, 0.2) is 30.3 Å². The third-order valence-corrected chi connectivity index (χ3v) is 6.94. The number of benzene rings is 2. The van der Waals surface area contributed by atoms with Crippen molar-refractivity contribution in [3.05, 3.63) is 47.0 Å². The van der Waals surface area contributed by atoms with E-state index in [1.165, 1.54) is 5.56 Å². The van der Waals surface area contributed by atoms with Gasteiger partial charge in [-0.05, 0) is 43.2 Å². The van der Waals surface area contributed by atoms with Crippen molar-refractivity contribution in [2.75, 3.05) is 58.5 Å². The molecule has 1 aliphatic rings. The molecule has 1 fully saturated rings. The van der Waals surface area contributed by atoms with Crippen LogP contribution in [0.1, 0.15) is 21.5 Å². The molecule has 2 aromatic carbocycles. The molecule has 3 aromatic rings. The van der Waals surface area contributed by atoms with Gasteiger partial charge in [-0.2, -0.15) is 0 Å². The molecule has 7 nitrogen and oxygen atoms in total. The Hall–Kier alpha value is -2.68. The molecule has 1 amide bonds. The van der Waals surface area contributed by atoms with E-state index in [-0.39, 0.29) is 5.91 Å². The van der Waals surface area contributed by atoms with Crippen LogP contribution in [0.25, 0.3) is 10.2 Å². The predicted octanol–water partition coefficient (Wildman–Crippen LogP) is 3.91. The number of nitrogens with zero attached hydrogens (tertiary/aromatic N) is 3. The van der Waals surface area contributed by atoms with E-state index in [0.717, 1.165) is 48.6 Å². The number of morpholine rings is 1. The van der Waals surface area contributed by atoms with E-state index in [2.05, 4.69) is 30.9 Å². The number of ether oxygens (including phenoxy) is 3. The molecule has 0 unspecified atom stereocenters. The Labute approximate surface area is 192 Å². The van der Waals surface area contributed by atoms with Gasteiger partial charge in [0.15, 0.2) is 5.13 Å². The third-order valence-electron chi connectivity index (χ3n) is 5.89. The maximum Gasteiger partial charge on any atom is 0.260 e. The summed E-state index contributed by atoms with van der Waals surface area (Å²) >= 11 is 1.55. The van der Waals surface area contributed by atoms with Crippen LogP contribution >= 0.6 is 11.3 Å². The van der Waals surface area contributed by atoms with Crippen LogP contribution in [0.2, 0.25) is 0 Å². The zero-order chi connectivity index (χ0) is 22.7. The standard InChI is InChI=1S/C24H29N3O4S/c1-16-5-6-21-22(17(16)2)25-24(32-21)27(8-7-26-9-11-31-12-10-26)23(28)18-13-19(29-3)15-20(14-18)30-4/h5-6,13-15H,7-12H2,1-4H3. The number of hydrogen-bond acceptors (Lipinski definition) is 7. The Balaban J connectivity index is 1.70. The van der Waals surface area contributed by atoms with E-state index >= 15 is 0 Å². The van der Waals surface area contributed by atoms with Gasteiger partial charge in [0.25, 0.3) is 5.91 Å². The lowest BCUT2D eigenvalue weighted by Gasteiger charge is -2.29. The molecule has 0 N–H and O–H groups in total. The molecule has 8 heteroatoms. The van der Waals surface area contributed by atoms with Crippen molar-refractivity contribution in [1.29, 1.82) is 0 Å². The highest BCUT2D eigenvalue weighted by Crippen LogP contribution is 2.33. The molecule has 32 heavy (non-hydrogen) atoms. The van der Waals surface area contributed by atoms with Crippen LogP contribution in [-0.4, -0.2) is 69.4 Å². The molecule has 0 aliphatic carbocycles. The molecule has 0 radical (unpaired) electrons. The van der Waals surface area contributed by atoms with Crippen molar-refractivity contribution in [2.24, 2.45) is 0 Å². The van der Waals surface area contributed by atoms with Gasteiger partial charge in [-0.1, -0.05) is 17.4 Å². The first kappa shape index (κ1) is 22.5. The van der Waals surface area contributed by atoms with E-state index in [0.29, 0.717) is 28.7 Å². The maximum absolute atomic E-state index is 13.7. The summed E-state index contributed by atoms with van der Waals surface area (Å²) in [6, 6.07) is 9.44. The zero-order valence-corrected chi connectivity index (χ0v) is 19.8. The number of rotatable bonds is 7. The minimum atomic E-state index is -0.121. The van der Waals surface area contributed by atoms with Gasteiger partial charge >= 0.3 is 0 Å². The van der Waals surface area contributed by atoms with E-state index in [1.807, 2.05) is 0 Å². The number of methoxy groups -OCH3 is 2. The number of carbonyl (C=O) groups excluding carboxylic acids is 1. The first-order chi connectivity index (χ1) is 15.5. The Morgan fingerprint density at radius 2 is 1.81 bits per heavy atom. The molecule has 0 saturated carbocycles. The van der Waals surface area contributed by atoms with Crippen LogP contribution in [0.4, 0.5) is 5.13 Å². The highest BCUT2D eigenvalue weighted by atomic mass is 32.1. The predicted molar refractivity (Wildman–Crippen MR) is 128 cm³/mol. The van der Waals surface area contributed by atoms with Gasteiger partial charge in [-0.15, -0.1) is 0 Å². The average molecular weight is 456 g/mol. The summed E-state index contributed by atoms with van der Waals surface area (Å²) in [5.41, 5.74) is 3.81. The van der Waals surface area contributed by atoms with Gasteiger partial charge in [0.1, 0.15) is 11.5 Å². The lowest BCUT2D eigenvalue weighted by molar-refractivity contribution is 0.0391. The lowest BCUT2D eigenvalue weighted by atomic mass is 10.1. The summed E-state index contributed by atoms with van der Waals surface area (Å²) in [5.74, 6) is 1.04. The second-order valence-corrected chi connectivity index (χ2v) is 8.87. The third kappa shape index (κ3) is 4.72. The molecular formula is C24H29N3O4S. The van der Waals surface area contributed by atoms with Crippen molar-refractivity contribution in [3.63, 3.8) is 0 Å². The van der Waals surface area contributed by atoms with Crippen molar-refractivity contribution in [3.8, 4) is 11.5 Å². The van der Waals surface area contributed by atoms with Crippen molar-refractivity contribution < 1.29 is 19.0 Å². The van der Waals surface area contributed by atoms with Crippen LogP contribution in [0.3, 0.4) is 0 Å². The molecule has 0 atom stereocenters. The molecule has 2 heterocycles. The summed E-state index contributed by atoms with van der Waals surface area (Å²) in [4.78, 5) is 22.7. The lowest BCUT2D eigenvalue weighted by Crippen LogP contribution is -2.43. The monoisotopic (exact) mass is 455 g/mol. The van der Waals surface area contributed by atoms with Gasteiger partial charge in [-0.3, -0.25) is 14.6 Å². The second-order valence-electron chi connectivity index (χ2n) is 7.86. The average Bonchev–Trinajstić information content (AvgIpc) is 3.26. The smallest absolute Gasteiger partial charge is 0.260 e. The molecule has 1 aromatic heterocycles. The summed E-state index contributed by atoms with van der Waals surface area (Å²) in [5, 5.41) is 0.703. The van der Waals surface area contributed by atoms with Crippen molar-refractivity contribution in [1.82, 2.24) is 9.88 Å². The zero-order valence-electron chi connectivity index (χ0n) is 19.0. The first-order valence-corrected chi connectivity index (χ1v) is 11.5. The Morgan fingerprint density at radius 3 is 2.47 bits per heavy atom. The van der Waals surface area contributed by atoms with E-state index < -0.39 is 0 Å². The summed E-state index contributed by atoms with van der Waals surface area (Å²) in [6.45, 7) is 8.63. The molecule has 4 rings (SSSR count). The number of aromatic nitrogens is 1. The Bertz CT molecular complexity index is 1090. The summed E-state index contributed by atoms with van der Waals surface area (Å²) in [6.07, 6.45) is 0. The SMILES string of the molecule is COc1cc(OC)cc(C(=O)N(CCN2CCOCC2)c2nc3c(C)c(C)ccc3s2)c1. The van der Waals surface area contributed by atoms with E-state index in [1.54, 1.807) is 48.7 Å². The van der Waals surface area contributed by atoms with Crippen molar-refractivity contribution >= 4 is 32.6 Å². The van der Waals surface area contributed by atoms with Gasteiger partial charge in [-0.25, -0.2) is 4.98 Å². The Morgan fingerprint density at radius 1 is 1.12 bits per heavy atom. The van der Waals surface area contributed by atoms with E-state index in [9.17, 15) is 4.79 Å². The summed E-state index contributed by atoms with van der Waals surface area (Å²) in [7, 11) is 3.16. The topological polar surface area (TPSA) is 64.1 Å². The maximum atomic E-state index is 13.7. The van der Waals surface area contributed by atoms with Gasteiger partial charge in [0.2, 0.25) is 0 Å². The number of carbonyl (C=O) groups is 1. The summed E-state index contributed by atoms with van der Waals surface area (Å²) < 4.78 is 17.3. The molecule has 170 valence electrons. The molecule has 1 aliphatic heterocycles. The van der Waals surface area contributed by atoms with Gasteiger partial charge < -0.3 is 14.2 Å². The van der Waals surface area contributed by atoms with E-state index in [4.69, 9.17) is 19.2 Å². The van der Waals surface area contributed by atoms with Crippen molar-refractivity contribution in [2.45, 2.75) is 13.8 Å². The minimum Gasteiger partial charge on any atom is -0.497 e. The fourth-order valence-electron chi connectivity index (χ4n) is 3.77. The minimum absolute atomic E-state index is 0.121. The number of amides is 1. The number of fused-ring (bicyclic) bond motifs is 1. The van der Waals surface area contributed by atoms with Crippen LogP contribution < -0.4 is 14.4 Å². The van der Waals surface area contributed by atoms with Gasteiger partial charge in [0, 0.05) is 37.8 Å². The largest absolute Gasteiger partial charge is 0.497 e. The molecule has 0 spiro atoms. The van der Waals surface area contributed by atoms with Crippen LogP contribution in [0, 0.1) is 13.8 Å². The molecular weight excluding hydrogens is 426 g/mol. The fourth-order valence-corrected chi connectivity index (χ4v) is 4.82. The number of thiazole rings is 1. The first-order valence-electron chi connectivity index (χ1n) is 10.7. The van der Waals surface area contributed by atoms with Crippen LogP contribution in [-0.2, 0) is 4.74 Å². The quantitative estimate of drug-likeness (QED) is 0.538. The number of anilines is 1. The fraction of sp³-hybridized carbons (Fsp3) is 0.417. The number of hydrogen-bond donors (Lipinski definition) is 0. The second kappa shape index (κ2) is 9.85.